The Morgan fingerprint density at radius 3 is 2.82 bits per heavy atom. The number of aromatic hydroxyl groups is 1. The van der Waals surface area contributed by atoms with Gasteiger partial charge in [0.15, 0.2) is 0 Å². The SMILES string of the molecule is CCCCC(c1cc(C)ccc1O)n1nnc2ccccc21. The molecule has 3 rings (SSSR count). The first-order chi connectivity index (χ1) is 10.7. The zero-order valence-corrected chi connectivity index (χ0v) is 13.0. The maximum absolute atomic E-state index is 10.3. The molecule has 0 amide bonds. The van der Waals surface area contributed by atoms with Gasteiger partial charge in [-0.15, -0.1) is 5.10 Å². The van der Waals surface area contributed by atoms with E-state index in [0.29, 0.717) is 5.75 Å². The summed E-state index contributed by atoms with van der Waals surface area (Å²) in [4.78, 5) is 0. The van der Waals surface area contributed by atoms with Gasteiger partial charge in [0.2, 0.25) is 0 Å². The molecule has 1 atom stereocenters. The summed E-state index contributed by atoms with van der Waals surface area (Å²) in [5.41, 5.74) is 3.95. The molecule has 0 saturated heterocycles. The van der Waals surface area contributed by atoms with E-state index >= 15 is 0 Å². The zero-order chi connectivity index (χ0) is 15.5. The highest BCUT2D eigenvalue weighted by molar-refractivity contribution is 5.74. The minimum Gasteiger partial charge on any atom is -0.508 e. The van der Waals surface area contributed by atoms with Crippen molar-refractivity contribution in [3.8, 4) is 5.75 Å². The fourth-order valence-electron chi connectivity index (χ4n) is 2.87. The number of rotatable bonds is 5. The summed E-state index contributed by atoms with van der Waals surface area (Å²) in [6.07, 6.45) is 3.11. The highest BCUT2D eigenvalue weighted by atomic mass is 16.3. The van der Waals surface area contributed by atoms with Crippen LogP contribution in [-0.2, 0) is 0 Å². The molecule has 0 bridgehead atoms. The van der Waals surface area contributed by atoms with Crippen molar-refractivity contribution in [2.45, 2.75) is 39.2 Å². The third-order valence-corrected chi connectivity index (χ3v) is 4.05. The lowest BCUT2D eigenvalue weighted by Gasteiger charge is -2.20. The molecule has 0 fully saturated rings. The number of phenols is 1. The molecule has 2 aromatic carbocycles. The van der Waals surface area contributed by atoms with E-state index in [0.717, 1.165) is 41.4 Å². The highest BCUT2D eigenvalue weighted by Crippen LogP contribution is 2.33. The van der Waals surface area contributed by atoms with Crippen molar-refractivity contribution in [3.63, 3.8) is 0 Å². The Hall–Kier alpha value is -2.36. The second-order valence-electron chi connectivity index (χ2n) is 5.74. The van der Waals surface area contributed by atoms with Crippen molar-refractivity contribution in [1.29, 1.82) is 0 Å². The van der Waals surface area contributed by atoms with Gasteiger partial charge in [0, 0.05) is 5.56 Å². The quantitative estimate of drug-likeness (QED) is 0.766. The van der Waals surface area contributed by atoms with Crippen LogP contribution in [0.2, 0.25) is 0 Å². The summed E-state index contributed by atoms with van der Waals surface area (Å²) >= 11 is 0. The summed E-state index contributed by atoms with van der Waals surface area (Å²) in [5, 5.41) is 18.9. The monoisotopic (exact) mass is 295 g/mol. The van der Waals surface area contributed by atoms with Gasteiger partial charge < -0.3 is 5.11 Å². The lowest BCUT2D eigenvalue weighted by atomic mass is 9.98. The Kier molecular flexibility index (Phi) is 4.09. The number of unbranched alkanes of at least 4 members (excludes halogenated alkanes) is 1. The topological polar surface area (TPSA) is 50.9 Å². The van der Waals surface area contributed by atoms with E-state index < -0.39 is 0 Å². The van der Waals surface area contributed by atoms with Crippen molar-refractivity contribution in [2.75, 3.05) is 0 Å². The van der Waals surface area contributed by atoms with Crippen LogP contribution in [0.15, 0.2) is 42.5 Å². The van der Waals surface area contributed by atoms with Gasteiger partial charge in [0.25, 0.3) is 0 Å². The lowest BCUT2D eigenvalue weighted by molar-refractivity contribution is 0.425. The molecule has 3 aromatic rings. The van der Waals surface area contributed by atoms with E-state index in [2.05, 4.69) is 17.2 Å². The van der Waals surface area contributed by atoms with Gasteiger partial charge in [-0.1, -0.05) is 54.8 Å². The second-order valence-corrected chi connectivity index (χ2v) is 5.74. The number of phenolic OH excluding ortho intramolecular Hbond substituents is 1. The average molecular weight is 295 g/mol. The molecule has 4 nitrogen and oxygen atoms in total. The highest BCUT2D eigenvalue weighted by Gasteiger charge is 2.20. The van der Waals surface area contributed by atoms with Crippen LogP contribution in [0.1, 0.15) is 43.4 Å². The van der Waals surface area contributed by atoms with Gasteiger partial charge in [0.05, 0.1) is 11.6 Å². The Balaban J connectivity index is 2.12. The summed E-state index contributed by atoms with van der Waals surface area (Å²) < 4.78 is 1.94. The number of hydrogen-bond acceptors (Lipinski definition) is 3. The van der Waals surface area contributed by atoms with Crippen LogP contribution in [0.25, 0.3) is 11.0 Å². The number of para-hydroxylation sites is 1. The molecule has 0 spiro atoms. The molecule has 4 heteroatoms. The van der Waals surface area contributed by atoms with E-state index in [1.54, 1.807) is 6.07 Å². The standard InChI is InChI=1S/C18H21N3O/c1-3-4-8-16(14-12-13(2)10-11-18(14)22)21-17-9-6-5-7-15(17)19-20-21/h5-7,9-12,16,22H,3-4,8H2,1-2H3. The molecular formula is C18H21N3O. The van der Waals surface area contributed by atoms with Crippen molar-refractivity contribution in [3.05, 3.63) is 53.6 Å². The third kappa shape index (κ3) is 2.69. The second kappa shape index (κ2) is 6.18. The van der Waals surface area contributed by atoms with Crippen molar-refractivity contribution >= 4 is 11.0 Å². The smallest absolute Gasteiger partial charge is 0.120 e. The molecule has 1 N–H and O–H groups in total. The Labute approximate surface area is 130 Å². The van der Waals surface area contributed by atoms with Crippen LogP contribution in [0.4, 0.5) is 0 Å². The molecule has 0 aliphatic heterocycles. The zero-order valence-electron chi connectivity index (χ0n) is 13.0. The minimum absolute atomic E-state index is 0.00671. The van der Waals surface area contributed by atoms with Gasteiger partial charge in [-0.3, -0.25) is 0 Å². The van der Waals surface area contributed by atoms with Gasteiger partial charge in [-0.25, -0.2) is 4.68 Å². The van der Waals surface area contributed by atoms with Crippen molar-refractivity contribution < 1.29 is 5.11 Å². The van der Waals surface area contributed by atoms with Gasteiger partial charge in [-0.05, 0) is 31.5 Å². The normalized spacial score (nSPS) is 12.6. The number of nitrogens with zero attached hydrogens (tertiary/aromatic N) is 3. The first-order valence-corrected chi connectivity index (χ1v) is 7.80. The summed E-state index contributed by atoms with van der Waals surface area (Å²) in [5.74, 6) is 0.325. The van der Waals surface area contributed by atoms with Crippen LogP contribution in [0.5, 0.6) is 5.75 Å². The van der Waals surface area contributed by atoms with Crippen LogP contribution >= 0.6 is 0 Å². The number of aryl methyl sites for hydroxylation is 1. The van der Waals surface area contributed by atoms with Crippen LogP contribution in [0, 0.1) is 6.92 Å². The number of hydrogen-bond donors (Lipinski definition) is 1. The average Bonchev–Trinajstić information content (AvgIpc) is 2.95. The fourth-order valence-corrected chi connectivity index (χ4v) is 2.87. The van der Waals surface area contributed by atoms with E-state index in [1.807, 2.05) is 48.0 Å². The number of benzene rings is 2. The maximum atomic E-state index is 10.3. The predicted molar refractivity (Wildman–Crippen MR) is 88.0 cm³/mol. The number of aromatic nitrogens is 3. The van der Waals surface area contributed by atoms with Gasteiger partial charge >= 0.3 is 0 Å². The fraction of sp³-hybridized carbons (Fsp3) is 0.333. The molecule has 0 aliphatic carbocycles. The molecule has 0 saturated carbocycles. The minimum atomic E-state index is 0.00671. The molecular weight excluding hydrogens is 274 g/mol. The van der Waals surface area contributed by atoms with Crippen LogP contribution < -0.4 is 0 Å². The Morgan fingerprint density at radius 2 is 2.00 bits per heavy atom. The largest absolute Gasteiger partial charge is 0.508 e. The van der Waals surface area contributed by atoms with E-state index in [9.17, 15) is 5.11 Å². The maximum Gasteiger partial charge on any atom is 0.120 e. The molecule has 1 heterocycles. The van der Waals surface area contributed by atoms with Crippen LogP contribution in [0.3, 0.4) is 0 Å². The molecule has 1 aromatic heterocycles. The lowest BCUT2D eigenvalue weighted by Crippen LogP contribution is -2.13. The van der Waals surface area contributed by atoms with E-state index in [1.165, 1.54) is 0 Å². The molecule has 114 valence electrons. The van der Waals surface area contributed by atoms with E-state index in [4.69, 9.17) is 0 Å². The van der Waals surface area contributed by atoms with Gasteiger partial charge in [-0.2, -0.15) is 0 Å². The first kappa shape index (κ1) is 14.6. The van der Waals surface area contributed by atoms with Crippen molar-refractivity contribution in [2.24, 2.45) is 0 Å². The van der Waals surface area contributed by atoms with E-state index in [-0.39, 0.29) is 6.04 Å². The number of fused-ring (bicyclic) bond motifs is 1. The molecule has 1 unspecified atom stereocenters. The Morgan fingerprint density at radius 1 is 1.18 bits per heavy atom. The third-order valence-electron chi connectivity index (χ3n) is 4.05. The predicted octanol–water partition coefficient (Wildman–Crippen LogP) is 4.22. The first-order valence-electron chi connectivity index (χ1n) is 7.80. The van der Waals surface area contributed by atoms with Gasteiger partial charge in [0.1, 0.15) is 11.3 Å². The summed E-state index contributed by atoms with van der Waals surface area (Å²) in [6.45, 7) is 4.21. The van der Waals surface area contributed by atoms with Crippen molar-refractivity contribution in [1.82, 2.24) is 15.0 Å². The molecule has 0 radical (unpaired) electrons. The van der Waals surface area contributed by atoms with Crippen LogP contribution in [-0.4, -0.2) is 20.1 Å². The molecule has 22 heavy (non-hydrogen) atoms. The Bertz CT molecular complexity index is 779. The summed E-state index contributed by atoms with van der Waals surface area (Å²) in [6, 6.07) is 13.7. The molecule has 0 aliphatic rings. The summed E-state index contributed by atoms with van der Waals surface area (Å²) in [7, 11) is 0.